The Balaban J connectivity index is 1.57. The number of carbonyl (C=O) groups is 2. The van der Waals surface area contributed by atoms with Gasteiger partial charge in [-0.15, -0.1) is 0 Å². The summed E-state index contributed by atoms with van der Waals surface area (Å²) in [6.45, 7) is 1.87. The van der Waals surface area contributed by atoms with Crippen molar-refractivity contribution in [2.45, 2.75) is 25.8 Å². The number of halogens is 1. The second-order valence-electron chi connectivity index (χ2n) is 7.46. The summed E-state index contributed by atoms with van der Waals surface area (Å²) in [5.74, 6) is -0.498. The standard InChI is InChI=1S/C23H21FN2O5/c1-13-21(14-4-6-15(24)7-5-14)22(28)17-9-8-16(11-19(17)31-13)30-12-20(27)26-10-2-3-18(26)23(25)29/h4-9,11,18H,2-3,10,12H2,1H3,(H2,25,29). The fourth-order valence-corrected chi connectivity index (χ4v) is 3.91. The largest absolute Gasteiger partial charge is 0.484 e. The number of amides is 2. The molecule has 4 rings (SSSR count). The Morgan fingerprint density at radius 1 is 1.23 bits per heavy atom. The van der Waals surface area contributed by atoms with Crippen LogP contribution in [0.3, 0.4) is 0 Å². The van der Waals surface area contributed by atoms with Gasteiger partial charge in [0.05, 0.1) is 10.9 Å². The highest BCUT2D eigenvalue weighted by molar-refractivity contribution is 5.88. The van der Waals surface area contributed by atoms with Crippen LogP contribution in [0.5, 0.6) is 5.75 Å². The number of nitrogens with zero attached hydrogens (tertiary/aromatic N) is 1. The number of benzene rings is 2. The van der Waals surface area contributed by atoms with Crippen LogP contribution < -0.4 is 15.9 Å². The van der Waals surface area contributed by atoms with Crippen LogP contribution in [-0.4, -0.2) is 35.9 Å². The number of hydrogen-bond acceptors (Lipinski definition) is 5. The lowest BCUT2D eigenvalue weighted by Crippen LogP contribution is -2.45. The molecular formula is C23H21FN2O5. The zero-order chi connectivity index (χ0) is 22.1. The molecule has 31 heavy (non-hydrogen) atoms. The molecule has 1 fully saturated rings. The first-order chi connectivity index (χ1) is 14.8. The van der Waals surface area contributed by atoms with E-state index in [1.807, 2.05) is 0 Å². The average molecular weight is 424 g/mol. The molecule has 1 saturated heterocycles. The number of primary amides is 1. The maximum Gasteiger partial charge on any atom is 0.261 e. The zero-order valence-electron chi connectivity index (χ0n) is 16.9. The Labute approximate surface area is 177 Å². The molecule has 7 nitrogen and oxygen atoms in total. The molecule has 1 aliphatic heterocycles. The van der Waals surface area contributed by atoms with Crippen LogP contribution in [0.2, 0.25) is 0 Å². The first-order valence-corrected chi connectivity index (χ1v) is 9.90. The summed E-state index contributed by atoms with van der Waals surface area (Å²) in [4.78, 5) is 38.3. The number of hydrogen-bond donors (Lipinski definition) is 1. The summed E-state index contributed by atoms with van der Waals surface area (Å²) >= 11 is 0. The molecule has 2 heterocycles. The van der Waals surface area contributed by atoms with Gasteiger partial charge in [-0.2, -0.15) is 0 Å². The second-order valence-corrected chi connectivity index (χ2v) is 7.46. The van der Waals surface area contributed by atoms with Gasteiger partial charge in [0.15, 0.2) is 6.61 Å². The van der Waals surface area contributed by atoms with Crippen molar-refractivity contribution in [2.75, 3.05) is 13.2 Å². The van der Waals surface area contributed by atoms with Crippen molar-refractivity contribution in [2.24, 2.45) is 5.73 Å². The third-order valence-corrected chi connectivity index (χ3v) is 5.44. The highest BCUT2D eigenvalue weighted by Gasteiger charge is 2.32. The van der Waals surface area contributed by atoms with Gasteiger partial charge in [-0.3, -0.25) is 14.4 Å². The highest BCUT2D eigenvalue weighted by atomic mass is 19.1. The Morgan fingerprint density at radius 2 is 1.97 bits per heavy atom. The summed E-state index contributed by atoms with van der Waals surface area (Å²) in [6, 6.07) is 9.72. The Morgan fingerprint density at radius 3 is 2.68 bits per heavy atom. The minimum Gasteiger partial charge on any atom is -0.484 e. The number of nitrogens with two attached hydrogens (primary N) is 1. The van der Waals surface area contributed by atoms with Crippen molar-refractivity contribution >= 4 is 22.8 Å². The first kappa shape index (κ1) is 20.6. The van der Waals surface area contributed by atoms with Crippen LogP contribution in [0.4, 0.5) is 4.39 Å². The number of rotatable bonds is 5. The van der Waals surface area contributed by atoms with Crippen LogP contribution in [0.15, 0.2) is 51.7 Å². The third kappa shape index (κ3) is 4.01. The molecule has 1 aliphatic rings. The van der Waals surface area contributed by atoms with Crippen molar-refractivity contribution in [1.29, 1.82) is 0 Å². The molecule has 2 N–H and O–H groups in total. The van der Waals surface area contributed by atoms with Crippen molar-refractivity contribution in [3.63, 3.8) is 0 Å². The van der Waals surface area contributed by atoms with Crippen LogP contribution in [0.25, 0.3) is 22.1 Å². The zero-order valence-corrected chi connectivity index (χ0v) is 16.9. The molecule has 8 heteroatoms. The van der Waals surface area contributed by atoms with Gasteiger partial charge in [0, 0.05) is 12.6 Å². The van der Waals surface area contributed by atoms with E-state index in [9.17, 15) is 18.8 Å². The number of ether oxygens (including phenoxy) is 1. The summed E-state index contributed by atoms with van der Waals surface area (Å²) in [5.41, 5.74) is 6.35. The normalized spacial score (nSPS) is 15.9. The molecular weight excluding hydrogens is 403 g/mol. The van der Waals surface area contributed by atoms with Crippen molar-refractivity contribution < 1.29 is 23.1 Å². The Bertz CT molecular complexity index is 1220. The maximum absolute atomic E-state index is 13.2. The van der Waals surface area contributed by atoms with Gasteiger partial charge in [-0.25, -0.2) is 4.39 Å². The predicted octanol–water partition coefficient (Wildman–Crippen LogP) is 2.76. The highest BCUT2D eigenvalue weighted by Crippen LogP contribution is 2.27. The van der Waals surface area contributed by atoms with E-state index in [2.05, 4.69) is 0 Å². The van der Waals surface area contributed by atoms with E-state index in [0.29, 0.717) is 46.6 Å². The minimum absolute atomic E-state index is 0.241. The summed E-state index contributed by atoms with van der Waals surface area (Å²) in [7, 11) is 0. The number of fused-ring (bicyclic) bond motifs is 1. The number of aryl methyl sites for hydroxylation is 1. The van der Waals surface area contributed by atoms with Gasteiger partial charge in [0.2, 0.25) is 11.3 Å². The second kappa shape index (κ2) is 8.22. The fourth-order valence-electron chi connectivity index (χ4n) is 3.91. The summed E-state index contributed by atoms with van der Waals surface area (Å²) in [6.07, 6.45) is 1.27. The van der Waals surface area contributed by atoms with Crippen LogP contribution in [0, 0.1) is 12.7 Å². The average Bonchev–Trinajstić information content (AvgIpc) is 3.23. The van der Waals surface area contributed by atoms with Crippen LogP contribution in [0.1, 0.15) is 18.6 Å². The monoisotopic (exact) mass is 424 g/mol. The van der Waals surface area contributed by atoms with Crippen LogP contribution >= 0.6 is 0 Å². The van der Waals surface area contributed by atoms with Gasteiger partial charge < -0.3 is 19.8 Å². The van der Waals surface area contributed by atoms with E-state index in [0.717, 1.165) is 6.42 Å². The van der Waals surface area contributed by atoms with Crippen molar-refractivity contribution in [1.82, 2.24) is 4.90 Å². The molecule has 2 amide bonds. The molecule has 0 bridgehead atoms. The van der Waals surface area contributed by atoms with E-state index in [-0.39, 0.29) is 23.8 Å². The molecule has 0 saturated carbocycles. The smallest absolute Gasteiger partial charge is 0.261 e. The lowest BCUT2D eigenvalue weighted by atomic mass is 10.0. The third-order valence-electron chi connectivity index (χ3n) is 5.44. The van der Waals surface area contributed by atoms with E-state index in [1.54, 1.807) is 25.1 Å². The Hall–Kier alpha value is -3.68. The molecule has 2 aromatic carbocycles. The summed E-state index contributed by atoms with van der Waals surface area (Å²) in [5, 5.41) is 0.344. The Kier molecular flexibility index (Phi) is 5.46. The first-order valence-electron chi connectivity index (χ1n) is 9.90. The number of likely N-dealkylation sites (tertiary alicyclic amines) is 1. The minimum atomic E-state index is -0.599. The molecule has 160 valence electrons. The van der Waals surface area contributed by atoms with Gasteiger partial charge in [0.1, 0.15) is 29.0 Å². The van der Waals surface area contributed by atoms with Crippen molar-refractivity contribution in [3.05, 3.63) is 64.3 Å². The van der Waals surface area contributed by atoms with Crippen molar-refractivity contribution in [3.8, 4) is 16.9 Å². The summed E-state index contributed by atoms with van der Waals surface area (Å²) < 4.78 is 24.6. The van der Waals surface area contributed by atoms with Gasteiger partial charge in [-0.05, 0) is 49.6 Å². The topological polar surface area (TPSA) is 103 Å². The molecule has 0 spiro atoms. The molecule has 1 atom stereocenters. The van der Waals surface area contributed by atoms with Gasteiger partial charge in [-0.1, -0.05) is 12.1 Å². The lowest BCUT2D eigenvalue weighted by molar-refractivity contribution is -0.138. The quantitative estimate of drug-likeness (QED) is 0.678. The van der Waals surface area contributed by atoms with E-state index in [4.69, 9.17) is 14.9 Å². The predicted molar refractivity (Wildman–Crippen MR) is 112 cm³/mol. The van der Waals surface area contributed by atoms with Gasteiger partial charge >= 0.3 is 0 Å². The SMILES string of the molecule is Cc1oc2cc(OCC(=O)N3CCCC3C(N)=O)ccc2c(=O)c1-c1ccc(F)cc1. The van der Waals surface area contributed by atoms with Crippen LogP contribution in [-0.2, 0) is 9.59 Å². The fraction of sp³-hybridized carbons (Fsp3) is 0.261. The van der Waals surface area contributed by atoms with E-state index < -0.39 is 11.9 Å². The van der Waals surface area contributed by atoms with E-state index >= 15 is 0 Å². The number of carbonyl (C=O) groups excluding carboxylic acids is 2. The molecule has 1 aromatic heterocycles. The van der Waals surface area contributed by atoms with E-state index in [1.165, 1.54) is 29.2 Å². The lowest BCUT2D eigenvalue weighted by Gasteiger charge is -2.22. The molecule has 0 radical (unpaired) electrons. The molecule has 0 aliphatic carbocycles. The molecule has 3 aromatic rings. The van der Waals surface area contributed by atoms with Gasteiger partial charge in [0.25, 0.3) is 5.91 Å². The maximum atomic E-state index is 13.2. The molecule has 1 unspecified atom stereocenters.